The Morgan fingerprint density at radius 3 is 2.29 bits per heavy atom. The Bertz CT molecular complexity index is 445. The second-order valence-corrected chi connectivity index (χ2v) is 7.76. The van der Waals surface area contributed by atoms with E-state index < -0.39 is 12.1 Å². The Kier molecular flexibility index (Phi) is 4.72. The molecule has 2 N–H and O–H groups in total. The van der Waals surface area contributed by atoms with Crippen LogP contribution in [0.25, 0.3) is 0 Å². The number of hydrogen-bond acceptors (Lipinski definition) is 4. The summed E-state index contributed by atoms with van der Waals surface area (Å²) in [5.74, 6) is 0.113. The quantitative estimate of drug-likeness (QED) is 0.782. The van der Waals surface area contributed by atoms with Gasteiger partial charge in [0.05, 0.1) is 13.2 Å². The van der Waals surface area contributed by atoms with Crippen LogP contribution < -0.4 is 5.73 Å². The fourth-order valence-electron chi connectivity index (χ4n) is 3.45. The summed E-state index contributed by atoms with van der Waals surface area (Å²) in [5, 5.41) is 0. The summed E-state index contributed by atoms with van der Waals surface area (Å²) in [6.45, 7) is 10.7. The first-order valence-electron chi connectivity index (χ1n) is 7.17. The molecular formula is C15H27ClN2O3. The number of hydrogen-bond donors (Lipinski definition) is 1. The highest BCUT2D eigenvalue weighted by molar-refractivity contribution is 5.89. The van der Waals surface area contributed by atoms with Gasteiger partial charge in [0, 0.05) is 12.5 Å². The molecule has 1 heterocycles. The molecule has 1 saturated carbocycles. The van der Waals surface area contributed by atoms with Crippen LogP contribution >= 0.6 is 12.4 Å². The molecule has 1 saturated heterocycles. The summed E-state index contributed by atoms with van der Waals surface area (Å²) in [5.41, 5.74) is 5.86. The predicted octanol–water partition coefficient (Wildman–Crippen LogP) is 1.44. The van der Waals surface area contributed by atoms with Crippen molar-refractivity contribution in [2.75, 3.05) is 13.7 Å². The van der Waals surface area contributed by atoms with Crippen molar-refractivity contribution in [2.24, 2.45) is 28.4 Å². The van der Waals surface area contributed by atoms with Gasteiger partial charge in [-0.3, -0.25) is 4.79 Å². The second-order valence-electron chi connectivity index (χ2n) is 7.76. The molecule has 2 rings (SSSR count). The molecule has 0 aromatic rings. The van der Waals surface area contributed by atoms with Crippen molar-refractivity contribution in [3.63, 3.8) is 0 Å². The molecular weight excluding hydrogens is 292 g/mol. The summed E-state index contributed by atoms with van der Waals surface area (Å²) in [4.78, 5) is 26.3. The smallest absolute Gasteiger partial charge is 0.328 e. The molecule has 5 nitrogen and oxygen atoms in total. The molecule has 4 atom stereocenters. The third kappa shape index (κ3) is 2.78. The number of carbonyl (C=O) groups excluding carboxylic acids is 2. The van der Waals surface area contributed by atoms with Crippen LogP contribution in [0.3, 0.4) is 0 Å². The average molecular weight is 319 g/mol. The molecule has 0 unspecified atom stereocenters. The lowest BCUT2D eigenvalue weighted by atomic mass is 9.86. The minimum Gasteiger partial charge on any atom is -0.467 e. The Labute approximate surface area is 133 Å². The lowest BCUT2D eigenvalue weighted by molar-refractivity contribution is -0.154. The zero-order valence-corrected chi connectivity index (χ0v) is 14.5. The number of fused-ring (bicyclic) bond motifs is 1. The maximum absolute atomic E-state index is 12.6. The number of carbonyl (C=O) groups is 2. The van der Waals surface area contributed by atoms with E-state index in [4.69, 9.17) is 10.5 Å². The van der Waals surface area contributed by atoms with Gasteiger partial charge in [0.15, 0.2) is 0 Å². The van der Waals surface area contributed by atoms with E-state index in [1.165, 1.54) is 7.11 Å². The van der Waals surface area contributed by atoms with Crippen molar-refractivity contribution in [3.8, 4) is 0 Å². The average Bonchev–Trinajstić information content (AvgIpc) is 2.75. The van der Waals surface area contributed by atoms with Gasteiger partial charge in [0.1, 0.15) is 6.04 Å². The molecule has 0 radical (unpaired) electrons. The monoisotopic (exact) mass is 318 g/mol. The molecule has 1 amide bonds. The molecule has 2 aliphatic rings. The van der Waals surface area contributed by atoms with E-state index in [1.807, 2.05) is 20.8 Å². The molecule has 2 fully saturated rings. The molecule has 1 aliphatic carbocycles. The van der Waals surface area contributed by atoms with Gasteiger partial charge in [0.25, 0.3) is 0 Å². The van der Waals surface area contributed by atoms with Crippen LogP contribution in [0.1, 0.15) is 34.6 Å². The number of esters is 1. The second kappa shape index (κ2) is 5.43. The zero-order chi connectivity index (χ0) is 15.5. The molecule has 6 heteroatoms. The van der Waals surface area contributed by atoms with Crippen molar-refractivity contribution in [3.05, 3.63) is 0 Å². The Hall–Kier alpha value is -0.810. The van der Waals surface area contributed by atoms with E-state index in [-0.39, 0.29) is 41.0 Å². The maximum Gasteiger partial charge on any atom is 0.328 e. The Morgan fingerprint density at radius 2 is 1.86 bits per heavy atom. The number of ether oxygens (including phenoxy) is 1. The third-order valence-corrected chi connectivity index (χ3v) is 5.13. The van der Waals surface area contributed by atoms with Gasteiger partial charge in [-0.15, -0.1) is 12.4 Å². The molecule has 1 aliphatic heterocycles. The minimum atomic E-state index is -0.602. The largest absolute Gasteiger partial charge is 0.467 e. The van der Waals surface area contributed by atoms with Crippen LogP contribution in [-0.4, -0.2) is 42.5 Å². The van der Waals surface area contributed by atoms with Crippen LogP contribution in [0.5, 0.6) is 0 Å². The van der Waals surface area contributed by atoms with E-state index in [0.29, 0.717) is 12.5 Å². The van der Waals surface area contributed by atoms with Gasteiger partial charge in [0.2, 0.25) is 5.91 Å². The van der Waals surface area contributed by atoms with E-state index >= 15 is 0 Å². The summed E-state index contributed by atoms with van der Waals surface area (Å²) in [6.07, 6.45) is 0. The molecule has 0 bridgehead atoms. The van der Waals surface area contributed by atoms with Crippen LogP contribution in [0.15, 0.2) is 0 Å². The van der Waals surface area contributed by atoms with Crippen molar-refractivity contribution in [1.82, 2.24) is 4.90 Å². The number of halogens is 1. The van der Waals surface area contributed by atoms with E-state index in [9.17, 15) is 9.59 Å². The van der Waals surface area contributed by atoms with Gasteiger partial charge in [-0.25, -0.2) is 4.79 Å². The van der Waals surface area contributed by atoms with Crippen molar-refractivity contribution < 1.29 is 14.3 Å². The van der Waals surface area contributed by atoms with E-state index in [2.05, 4.69) is 13.8 Å². The van der Waals surface area contributed by atoms with Crippen molar-refractivity contribution in [2.45, 2.75) is 46.7 Å². The molecule has 21 heavy (non-hydrogen) atoms. The van der Waals surface area contributed by atoms with Gasteiger partial charge in [-0.05, 0) is 16.7 Å². The topological polar surface area (TPSA) is 72.6 Å². The highest BCUT2D eigenvalue weighted by Crippen LogP contribution is 2.65. The summed E-state index contributed by atoms with van der Waals surface area (Å²) in [6, 6.07) is -1.07. The van der Waals surface area contributed by atoms with Crippen molar-refractivity contribution in [1.29, 1.82) is 0 Å². The number of likely N-dealkylation sites (tertiary alicyclic amines) is 1. The van der Waals surface area contributed by atoms with Gasteiger partial charge in [-0.1, -0.05) is 34.6 Å². The number of nitrogens with zero attached hydrogens (tertiary/aromatic N) is 1. The van der Waals surface area contributed by atoms with E-state index in [0.717, 1.165) is 0 Å². The summed E-state index contributed by atoms with van der Waals surface area (Å²) in [7, 11) is 1.37. The molecule has 122 valence electrons. The first kappa shape index (κ1) is 18.2. The fraction of sp³-hybridized carbons (Fsp3) is 0.867. The third-order valence-electron chi connectivity index (χ3n) is 5.13. The summed E-state index contributed by atoms with van der Waals surface area (Å²) < 4.78 is 4.90. The summed E-state index contributed by atoms with van der Waals surface area (Å²) >= 11 is 0. The fourth-order valence-corrected chi connectivity index (χ4v) is 3.45. The SMILES string of the molecule is COC(=O)[C@@H]1[C@@H]2[C@H](CN1C(=O)[C@@H](N)C(C)(C)C)C2(C)C.Cl. The minimum absolute atomic E-state index is 0. The first-order chi connectivity index (χ1) is 9.03. The molecule has 0 aromatic heterocycles. The Balaban J connectivity index is 0.00000220. The number of rotatable bonds is 2. The standard InChI is InChI=1S/C15H26N2O3.ClH/c1-14(2,3)11(16)12(18)17-7-8-9(15(8,4)5)10(17)13(19)20-6;/h8-11H,7,16H2,1-6H3;1H/t8-,9-,10-,11+;/m0./s1. The predicted molar refractivity (Wildman–Crippen MR) is 83.0 cm³/mol. The van der Waals surface area contributed by atoms with Gasteiger partial charge in [-0.2, -0.15) is 0 Å². The normalized spacial score (nSPS) is 31.0. The van der Waals surface area contributed by atoms with E-state index in [1.54, 1.807) is 4.90 Å². The molecule has 0 aromatic carbocycles. The first-order valence-corrected chi connectivity index (χ1v) is 7.17. The zero-order valence-electron chi connectivity index (χ0n) is 13.7. The van der Waals surface area contributed by atoms with Crippen LogP contribution in [0.2, 0.25) is 0 Å². The van der Waals surface area contributed by atoms with Crippen LogP contribution in [0, 0.1) is 22.7 Å². The highest BCUT2D eigenvalue weighted by Gasteiger charge is 2.70. The van der Waals surface area contributed by atoms with Crippen LogP contribution in [0.4, 0.5) is 0 Å². The van der Waals surface area contributed by atoms with Crippen LogP contribution in [-0.2, 0) is 14.3 Å². The number of piperidine rings is 1. The van der Waals surface area contributed by atoms with Crippen molar-refractivity contribution >= 4 is 24.3 Å². The lowest BCUT2D eigenvalue weighted by Crippen LogP contribution is -2.55. The maximum atomic E-state index is 12.6. The number of amides is 1. The highest BCUT2D eigenvalue weighted by atomic mass is 35.5. The number of nitrogens with two attached hydrogens (primary N) is 1. The van der Waals surface area contributed by atoms with Gasteiger partial charge >= 0.3 is 5.97 Å². The molecule has 0 spiro atoms. The van der Waals surface area contributed by atoms with Gasteiger partial charge < -0.3 is 15.4 Å². The lowest BCUT2D eigenvalue weighted by Gasteiger charge is -2.35. The number of methoxy groups -OCH3 is 1. The Morgan fingerprint density at radius 1 is 1.33 bits per heavy atom.